The fourth-order valence-corrected chi connectivity index (χ4v) is 3.23. The van der Waals surface area contributed by atoms with Crippen molar-refractivity contribution in [1.82, 2.24) is 4.31 Å². The number of alkyl halides is 3. The highest BCUT2D eigenvalue weighted by Gasteiger charge is 2.33. The van der Waals surface area contributed by atoms with Crippen LogP contribution in [0.2, 0.25) is 0 Å². The summed E-state index contributed by atoms with van der Waals surface area (Å²) in [6.45, 7) is -0.509. The van der Waals surface area contributed by atoms with Gasteiger partial charge in [-0.15, -0.1) is 13.2 Å². The standard InChI is InChI=1S/C15H12F5NO3S/c1-21(25(22,23)14-7-6-11(16)8-12(14)17)9-10-4-2-3-5-13(10)24-15(18,19)20/h2-8H,9H2,1H3. The summed E-state index contributed by atoms with van der Waals surface area (Å²) >= 11 is 0. The van der Waals surface area contributed by atoms with Gasteiger partial charge >= 0.3 is 6.36 Å². The van der Waals surface area contributed by atoms with Crippen LogP contribution in [0, 0.1) is 11.6 Å². The Balaban J connectivity index is 2.32. The molecule has 136 valence electrons. The lowest BCUT2D eigenvalue weighted by Crippen LogP contribution is -2.28. The minimum absolute atomic E-state index is 0.0755. The Kier molecular flexibility index (Phi) is 5.33. The van der Waals surface area contributed by atoms with E-state index in [0.717, 1.165) is 25.2 Å². The Morgan fingerprint density at radius 2 is 1.72 bits per heavy atom. The van der Waals surface area contributed by atoms with Gasteiger partial charge in [-0.3, -0.25) is 0 Å². The van der Waals surface area contributed by atoms with Crippen molar-refractivity contribution in [3.63, 3.8) is 0 Å². The van der Waals surface area contributed by atoms with Gasteiger partial charge in [0, 0.05) is 25.2 Å². The monoisotopic (exact) mass is 381 g/mol. The predicted octanol–water partition coefficient (Wildman–Crippen LogP) is 3.68. The molecule has 0 radical (unpaired) electrons. The number of hydrogen-bond acceptors (Lipinski definition) is 3. The van der Waals surface area contributed by atoms with Gasteiger partial charge in [-0.1, -0.05) is 18.2 Å². The quantitative estimate of drug-likeness (QED) is 0.743. The number of halogens is 5. The summed E-state index contributed by atoms with van der Waals surface area (Å²) in [6.07, 6.45) is -4.95. The molecule has 0 N–H and O–H groups in total. The third-order valence-corrected chi connectivity index (χ3v) is 5.01. The summed E-state index contributed by atoms with van der Waals surface area (Å²) < 4.78 is 93.1. The Morgan fingerprint density at radius 3 is 2.32 bits per heavy atom. The van der Waals surface area contributed by atoms with E-state index in [0.29, 0.717) is 10.4 Å². The highest BCUT2D eigenvalue weighted by Crippen LogP contribution is 2.28. The average Bonchev–Trinajstić information content (AvgIpc) is 2.47. The minimum atomic E-state index is -4.95. The maximum atomic E-state index is 13.7. The van der Waals surface area contributed by atoms with Crippen molar-refractivity contribution in [1.29, 1.82) is 0 Å². The second-order valence-corrected chi connectivity index (χ2v) is 7.00. The molecule has 0 bridgehead atoms. The van der Waals surface area contributed by atoms with Gasteiger partial charge in [0.15, 0.2) is 0 Å². The molecular weight excluding hydrogens is 369 g/mol. The normalized spacial score (nSPS) is 12.4. The lowest BCUT2D eigenvalue weighted by molar-refractivity contribution is -0.274. The Labute approximate surface area is 140 Å². The van der Waals surface area contributed by atoms with Crippen molar-refractivity contribution in [3.8, 4) is 5.75 Å². The van der Waals surface area contributed by atoms with Crippen LogP contribution in [0.15, 0.2) is 47.4 Å². The molecule has 25 heavy (non-hydrogen) atoms. The van der Waals surface area contributed by atoms with Crippen molar-refractivity contribution in [2.24, 2.45) is 0 Å². The summed E-state index contributed by atoms with van der Waals surface area (Å²) in [5.74, 6) is -2.83. The van der Waals surface area contributed by atoms with Crippen LogP contribution in [0.4, 0.5) is 22.0 Å². The third-order valence-electron chi connectivity index (χ3n) is 3.17. The molecule has 0 spiro atoms. The number of rotatable bonds is 5. The Bertz CT molecular complexity index is 868. The maximum absolute atomic E-state index is 13.7. The van der Waals surface area contributed by atoms with E-state index in [-0.39, 0.29) is 5.56 Å². The van der Waals surface area contributed by atoms with Crippen molar-refractivity contribution in [3.05, 3.63) is 59.7 Å². The molecule has 0 aliphatic rings. The first-order valence-electron chi connectivity index (χ1n) is 6.76. The topological polar surface area (TPSA) is 46.6 Å². The van der Waals surface area contributed by atoms with Crippen molar-refractivity contribution in [2.45, 2.75) is 17.8 Å². The van der Waals surface area contributed by atoms with Gasteiger partial charge in [0.05, 0.1) is 0 Å². The Morgan fingerprint density at radius 1 is 1.08 bits per heavy atom. The molecular formula is C15H12F5NO3S. The van der Waals surface area contributed by atoms with E-state index < -0.39 is 45.2 Å². The first-order valence-corrected chi connectivity index (χ1v) is 8.20. The molecule has 0 heterocycles. The smallest absolute Gasteiger partial charge is 0.405 e. The summed E-state index contributed by atoms with van der Waals surface area (Å²) in [4.78, 5) is -0.786. The van der Waals surface area contributed by atoms with E-state index in [4.69, 9.17) is 0 Å². The zero-order chi connectivity index (χ0) is 18.8. The van der Waals surface area contributed by atoms with Crippen LogP contribution in [-0.2, 0) is 16.6 Å². The number of ether oxygens (including phenoxy) is 1. The van der Waals surface area contributed by atoms with Crippen LogP contribution >= 0.6 is 0 Å². The number of sulfonamides is 1. The molecule has 0 fully saturated rings. The van der Waals surface area contributed by atoms with Gasteiger partial charge in [0.25, 0.3) is 0 Å². The van der Waals surface area contributed by atoms with E-state index in [9.17, 15) is 30.4 Å². The fourth-order valence-electron chi connectivity index (χ4n) is 2.04. The first kappa shape index (κ1) is 19.1. The van der Waals surface area contributed by atoms with Gasteiger partial charge in [-0.25, -0.2) is 17.2 Å². The molecule has 0 saturated carbocycles. The van der Waals surface area contributed by atoms with Crippen LogP contribution in [-0.4, -0.2) is 26.1 Å². The summed E-state index contributed by atoms with van der Waals surface area (Å²) in [6, 6.07) is 6.88. The van der Waals surface area contributed by atoms with Crippen LogP contribution in [0.3, 0.4) is 0 Å². The fraction of sp³-hybridized carbons (Fsp3) is 0.200. The van der Waals surface area contributed by atoms with E-state index in [1.165, 1.54) is 18.2 Å². The molecule has 0 aliphatic carbocycles. The largest absolute Gasteiger partial charge is 0.573 e. The molecule has 4 nitrogen and oxygen atoms in total. The highest BCUT2D eigenvalue weighted by atomic mass is 32.2. The summed E-state index contributed by atoms with van der Waals surface area (Å²) in [5, 5.41) is 0. The van der Waals surface area contributed by atoms with E-state index in [1.807, 2.05) is 0 Å². The molecule has 2 rings (SSSR count). The minimum Gasteiger partial charge on any atom is -0.405 e. The number of hydrogen-bond donors (Lipinski definition) is 0. The highest BCUT2D eigenvalue weighted by molar-refractivity contribution is 7.89. The summed E-state index contributed by atoms with van der Waals surface area (Å²) in [5.41, 5.74) is -0.0755. The number of nitrogens with zero attached hydrogens (tertiary/aromatic N) is 1. The van der Waals surface area contributed by atoms with E-state index in [2.05, 4.69) is 4.74 Å². The van der Waals surface area contributed by atoms with Gasteiger partial charge in [0.1, 0.15) is 22.3 Å². The zero-order valence-corrected chi connectivity index (χ0v) is 13.5. The second-order valence-electron chi connectivity index (χ2n) is 4.99. The zero-order valence-electron chi connectivity index (χ0n) is 12.7. The Hall–Kier alpha value is -2.20. The molecule has 0 saturated heterocycles. The SMILES string of the molecule is CN(Cc1ccccc1OC(F)(F)F)S(=O)(=O)c1ccc(F)cc1F. The van der Waals surface area contributed by atoms with Crippen LogP contribution < -0.4 is 4.74 Å². The molecule has 0 aromatic heterocycles. The molecule has 0 amide bonds. The van der Waals surface area contributed by atoms with Crippen molar-refractivity contribution >= 4 is 10.0 Å². The molecule has 0 aliphatic heterocycles. The van der Waals surface area contributed by atoms with Crippen LogP contribution in [0.5, 0.6) is 5.75 Å². The third kappa shape index (κ3) is 4.67. The lowest BCUT2D eigenvalue weighted by atomic mass is 10.2. The van der Waals surface area contributed by atoms with Gasteiger partial charge < -0.3 is 4.74 Å². The van der Waals surface area contributed by atoms with E-state index in [1.54, 1.807) is 0 Å². The number of benzene rings is 2. The predicted molar refractivity (Wildman–Crippen MR) is 78.1 cm³/mol. The molecule has 0 unspecified atom stereocenters. The van der Waals surface area contributed by atoms with Crippen molar-refractivity contribution in [2.75, 3.05) is 7.05 Å². The van der Waals surface area contributed by atoms with Crippen molar-refractivity contribution < 1.29 is 35.1 Å². The average molecular weight is 381 g/mol. The van der Waals surface area contributed by atoms with Crippen LogP contribution in [0.1, 0.15) is 5.56 Å². The molecule has 2 aromatic carbocycles. The number of para-hydroxylation sites is 1. The lowest BCUT2D eigenvalue weighted by Gasteiger charge is -2.20. The van der Waals surface area contributed by atoms with Gasteiger partial charge in [-0.2, -0.15) is 4.31 Å². The second kappa shape index (κ2) is 6.96. The first-order chi connectivity index (χ1) is 11.5. The van der Waals surface area contributed by atoms with Gasteiger partial charge in [0.2, 0.25) is 10.0 Å². The van der Waals surface area contributed by atoms with E-state index >= 15 is 0 Å². The molecule has 2 aromatic rings. The van der Waals surface area contributed by atoms with Crippen LogP contribution in [0.25, 0.3) is 0 Å². The maximum Gasteiger partial charge on any atom is 0.573 e. The molecule has 0 atom stereocenters. The van der Waals surface area contributed by atoms with Gasteiger partial charge in [-0.05, 0) is 18.2 Å². The molecule has 10 heteroatoms. The summed E-state index contributed by atoms with van der Waals surface area (Å²) in [7, 11) is -3.33.